The molecule has 2 nitrogen and oxygen atoms in total. The summed E-state index contributed by atoms with van der Waals surface area (Å²) in [5.41, 5.74) is 1.75. The minimum atomic E-state index is -0.218. The van der Waals surface area contributed by atoms with Crippen LogP contribution in [0.3, 0.4) is 0 Å². The van der Waals surface area contributed by atoms with Crippen LogP contribution in [0.2, 0.25) is 0 Å². The number of likely N-dealkylation sites (N-methyl/N-ethyl adjacent to an activating group) is 1. The van der Waals surface area contributed by atoms with Crippen molar-refractivity contribution in [3.8, 4) is 5.75 Å². The van der Waals surface area contributed by atoms with Gasteiger partial charge >= 0.3 is 0 Å². The van der Waals surface area contributed by atoms with Gasteiger partial charge in [0.1, 0.15) is 11.6 Å². The van der Waals surface area contributed by atoms with Crippen molar-refractivity contribution in [3.05, 3.63) is 62.3 Å². The van der Waals surface area contributed by atoms with Crippen LogP contribution in [0.25, 0.3) is 0 Å². The molecule has 0 bridgehead atoms. The molecule has 0 aromatic heterocycles. The van der Waals surface area contributed by atoms with E-state index < -0.39 is 0 Å². The maximum absolute atomic E-state index is 14.2. The Morgan fingerprint density at radius 2 is 1.95 bits per heavy atom. The van der Waals surface area contributed by atoms with Crippen molar-refractivity contribution in [1.82, 2.24) is 5.32 Å². The Hall–Kier alpha value is -0.910. The molecule has 112 valence electrons. The number of benzene rings is 2. The Morgan fingerprint density at radius 1 is 1.19 bits per heavy atom. The first-order valence-corrected chi connectivity index (χ1v) is 8.09. The van der Waals surface area contributed by atoms with E-state index in [1.54, 1.807) is 19.2 Å². The summed E-state index contributed by atoms with van der Waals surface area (Å²) in [5, 5.41) is 3.18. The Bertz CT molecular complexity index is 634. The van der Waals surface area contributed by atoms with Gasteiger partial charge in [-0.3, -0.25) is 0 Å². The number of halogens is 3. The van der Waals surface area contributed by atoms with Gasteiger partial charge in [-0.15, -0.1) is 0 Å². The molecule has 2 rings (SSSR count). The second kappa shape index (κ2) is 7.38. The molecule has 0 saturated heterocycles. The standard InChI is InChI=1S/C16H16Br2FNO/c1-20-14(11-4-3-5-12(17)16(11)19)9-10-6-7-15(21-2)13(18)8-10/h3-8,14,20H,9H2,1-2H3. The van der Waals surface area contributed by atoms with Crippen molar-refractivity contribution in [2.24, 2.45) is 0 Å². The number of methoxy groups -OCH3 is 1. The lowest BCUT2D eigenvalue weighted by Gasteiger charge is -2.18. The molecule has 0 aliphatic heterocycles. The fraction of sp³-hybridized carbons (Fsp3) is 0.250. The van der Waals surface area contributed by atoms with E-state index in [1.165, 1.54) is 0 Å². The number of nitrogens with one attached hydrogen (secondary N) is 1. The largest absolute Gasteiger partial charge is 0.496 e. The zero-order valence-corrected chi connectivity index (χ0v) is 15.0. The van der Waals surface area contributed by atoms with Crippen LogP contribution < -0.4 is 10.1 Å². The van der Waals surface area contributed by atoms with Gasteiger partial charge in [-0.1, -0.05) is 18.2 Å². The monoisotopic (exact) mass is 415 g/mol. The molecule has 5 heteroatoms. The highest BCUT2D eigenvalue weighted by atomic mass is 79.9. The molecule has 0 saturated carbocycles. The third kappa shape index (κ3) is 3.84. The first-order valence-electron chi connectivity index (χ1n) is 6.50. The Kier molecular flexibility index (Phi) is 5.79. The van der Waals surface area contributed by atoms with E-state index in [4.69, 9.17) is 4.74 Å². The molecule has 0 radical (unpaired) electrons. The van der Waals surface area contributed by atoms with E-state index in [9.17, 15) is 4.39 Å². The molecule has 0 aliphatic carbocycles. The Balaban J connectivity index is 2.27. The quantitative estimate of drug-likeness (QED) is 0.751. The Morgan fingerprint density at radius 3 is 2.57 bits per heavy atom. The predicted octanol–water partition coefficient (Wildman–Crippen LogP) is 4.86. The van der Waals surface area contributed by atoms with Crippen molar-refractivity contribution < 1.29 is 9.13 Å². The molecule has 1 atom stereocenters. The molecule has 1 N–H and O–H groups in total. The predicted molar refractivity (Wildman–Crippen MR) is 90.3 cm³/mol. The summed E-state index contributed by atoms with van der Waals surface area (Å²) < 4.78 is 20.8. The van der Waals surface area contributed by atoms with Gasteiger partial charge in [-0.05, 0) is 69.1 Å². The van der Waals surface area contributed by atoms with Gasteiger partial charge in [0.15, 0.2) is 0 Å². The van der Waals surface area contributed by atoms with E-state index in [0.717, 1.165) is 15.8 Å². The van der Waals surface area contributed by atoms with Crippen LogP contribution in [-0.2, 0) is 6.42 Å². The van der Waals surface area contributed by atoms with Gasteiger partial charge in [-0.25, -0.2) is 4.39 Å². The minimum Gasteiger partial charge on any atom is -0.496 e. The summed E-state index contributed by atoms with van der Waals surface area (Å²) in [5.74, 6) is 0.567. The van der Waals surface area contributed by atoms with Crippen LogP contribution in [0, 0.1) is 5.82 Å². The lowest BCUT2D eigenvalue weighted by Crippen LogP contribution is -2.20. The van der Waals surface area contributed by atoms with Gasteiger partial charge in [-0.2, -0.15) is 0 Å². The van der Waals surface area contributed by atoms with Crippen LogP contribution in [0.1, 0.15) is 17.2 Å². The molecular weight excluding hydrogens is 401 g/mol. The highest BCUT2D eigenvalue weighted by molar-refractivity contribution is 9.10. The molecule has 0 fully saturated rings. The van der Waals surface area contributed by atoms with Gasteiger partial charge in [0, 0.05) is 11.6 Å². The molecule has 0 spiro atoms. The normalized spacial score (nSPS) is 12.2. The maximum Gasteiger partial charge on any atom is 0.142 e. The molecule has 0 heterocycles. The number of hydrogen-bond acceptors (Lipinski definition) is 2. The van der Waals surface area contributed by atoms with Crippen molar-refractivity contribution in [3.63, 3.8) is 0 Å². The third-order valence-electron chi connectivity index (χ3n) is 3.36. The van der Waals surface area contributed by atoms with Crippen LogP contribution in [-0.4, -0.2) is 14.2 Å². The van der Waals surface area contributed by atoms with E-state index in [2.05, 4.69) is 37.2 Å². The molecular formula is C16H16Br2FNO. The summed E-state index contributed by atoms with van der Waals surface area (Å²) >= 11 is 6.71. The van der Waals surface area contributed by atoms with E-state index in [0.29, 0.717) is 16.5 Å². The zero-order chi connectivity index (χ0) is 15.4. The molecule has 2 aromatic carbocycles. The number of rotatable bonds is 5. The average molecular weight is 417 g/mol. The van der Waals surface area contributed by atoms with Gasteiger partial charge in [0.25, 0.3) is 0 Å². The van der Waals surface area contributed by atoms with Crippen LogP contribution in [0.5, 0.6) is 5.75 Å². The summed E-state index contributed by atoms with van der Waals surface area (Å²) in [4.78, 5) is 0. The minimum absolute atomic E-state index is 0.0946. The molecule has 1 unspecified atom stereocenters. The second-order valence-corrected chi connectivity index (χ2v) is 6.37. The SMILES string of the molecule is CNC(Cc1ccc(OC)c(Br)c1)c1cccc(Br)c1F. The highest BCUT2D eigenvalue weighted by Crippen LogP contribution is 2.29. The first kappa shape index (κ1) is 16.5. The summed E-state index contributed by atoms with van der Waals surface area (Å²) in [6.45, 7) is 0. The zero-order valence-electron chi connectivity index (χ0n) is 11.8. The summed E-state index contributed by atoms with van der Waals surface area (Å²) in [6.07, 6.45) is 0.687. The topological polar surface area (TPSA) is 21.3 Å². The van der Waals surface area contributed by atoms with Gasteiger partial charge in [0.2, 0.25) is 0 Å². The smallest absolute Gasteiger partial charge is 0.142 e. The lowest BCUT2D eigenvalue weighted by molar-refractivity contribution is 0.412. The molecule has 0 amide bonds. The summed E-state index contributed by atoms with van der Waals surface area (Å²) in [7, 11) is 3.47. The van der Waals surface area contributed by atoms with Crippen LogP contribution in [0.15, 0.2) is 45.3 Å². The van der Waals surface area contributed by atoms with Crippen LogP contribution in [0.4, 0.5) is 4.39 Å². The van der Waals surface area contributed by atoms with Crippen molar-refractivity contribution >= 4 is 31.9 Å². The fourth-order valence-corrected chi connectivity index (χ4v) is 3.20. The number of hydrogen-bond donors (Lipinski definition) is 1. The van der Waals surface area contributed by atoms with Crippen LogP contribution >= 0.6 is 31.9 Å². The second-order valence-electron chi connectivity index (χ2n) is 4.66. The molecule has 0 aliphatic rings. The fourth-order valence-electron chi connectivity index (χ4n) is 2.23. The van der Waals surface area contributed by atoms with Gasteiger partial charge < -0.3 is 10.1 Å². The van der Waals surface area contributed by atoms with Gasteiger partial charge in [0.05, 0.1) is 16.1 Å². The number of ether oxygens (including phenoxy) is 1. The highest BCUT2D eigenvalue weighted by Gasteiger charge is 2.16. The lowest BCUT2D eigenvalue weighted by atomic mass is 9.98. The van der Waals surface area contributed by atoms with Crippen molar-refractivity contribution in [2.45, 2.75) is 12.5 Å². The molecule has 2 aromatic rings. The first-order chi connectivity index (χ1) is 10.1. The third-order valence-corrected chi connectivity index (χ3v) is 4.59. The average Bonchev–Trinajstić information content (AvgIpc) is 2.48. The summed E-state index contributed by atoms with van der Waals surface area (Å²) in [6, 6.07) is 11.2. The molecule has 21 heavy (non-hydrogen) atoms. The van der Waals surface area contributed by atoms with E-state index >= 15 is 0 Å². The van der Waals surface area contributed by atoms with E-state index in [-0.39, 0.29) is 11.9 Å². The van der Waals surface area contributed by atoms with Crippen molar-refractivity contribution in [1.29, 1.82) is 0 Å². The Labute approximate surface area is 141 Å². The van der Waals surface area contributed by atoms with E-state index in [1.807, 2.05) is 31.3 Å². The maximum atomic E-state index is 14.2. The van der Waals surface area contributed by atoms with Crippen molar-refractivity contribution in [2.75, 3.05) is 14.2 Å².